The zero-order chi connectivity index (χ0) is 11.8. The van der Waals surface area contributed by atoms with Crippen LogP contribution in [0.4, 0.5) is 13.2 Å². The molecule has 1 aromatic heterocycles. The molecule has 0 aliphatic heterocycles. The molecule has 0 aliphatic carbocycles. The van der Waals surface area contributed by atoms with Crippen LogP contribution in [0.25, 0.3) is 0 Å². The minimum absolute atomic E-state index is 0.396. The Morgan fingerprint density at radius 3 is 2.40 bits per heavy atom. The standard InChI is InChI=1S/C7H6BrF3N2O2/c1-13-5(7(9,10)11)3(8)4(12-13)6(14)15-2/h1-2H3. The first-order valence-electron chi connectivity index (χ1n) is 3.67. The molecule has 1 heterocycles. The second-order valence-corrected chi connectivity index (χ2v) is 3.42. The van der Waals surface area contributed by atoms with Crippen molar-refractivity contribution < 1.29 is 22.7 Å². The SMILES string of the molecule is COC(=O)c1nn(C)c(C(F)(F)F)c1Br. The topological polar surface area (TPSA) is 44.1 Å². The quantitative estimate of drug-likeness (QED) is 0.742. The van der Waals surface area contributed by atoms with Crippen LogP contribution in [0.1, 0.15) is 16.2 Å². The molecule has 0 N–H and O–H groups in total. The fourth-order valence-electron chi connectivity index (χ4n) is 1.03. The highest BCUT2D eigenvalue weighted by Crippen LogP contribution is 2.36. The van der Waals surface area contributed by atoms with E-state index in [9.17, 15) is 18.0 Å². The lowest BCUT2D eigenvalue weighted by atomic mass is 10.3. The number of aryl methyl sites for hydroxylation is 1. The molecule has 0 radical (unpaired) electrons. The molecule has 0 unspecified atom stereocenters. The molecule has 0 saturated heterocycles. The van der Waals surface area contributed by atoms with Gasteiger partial charge in [0.15, 0.2) is 11.4 Å². The van der Waals surface area contributed by atoms with Gasteiger partial charge in [0.05, 0.1) is 11.6 Å². The third-order valence-corrected chi connectivity index (χ3v) is 2.39. The number of methoxy groups -OCH3 is 1. The van der Waals surface area contributed by atoms with Gasteiger partial charge in [0.2, 0.25) is 0 Å². The van der Waals surface area contributed by atoms with Crippen LogP contribution < -0.4 is 0 Å². The average molecular weight is 287 g/mol. The second kappa shape index (κ2) is 3.84. The monoisotopic (exact) mass is 286 g/mol. The number of rotatable bonds is 1. The number of hydrogen-bond acceptors (Lipinski definition) is 3. The third-order valence-electron chi connectivity index (χ3n) is 1.64. The number of nitrogens with zero attached hydrogens (tertiary/aromatic N) is 2. The van der Waals surface area contributed by atoms with Gasteiger partial charge in [-0.25, -0.2) is 4.79 Å². The average Bonchev–Trinajstić information content (AvgIpc) is 2.39. The number of hydrogen-bond donors (Lipinski definition) is 0. The van der Waals surface area contributed by atoms with Gasteiger partial charge >= 0.3 is 12.1 Å². The van der Waals surface area contributed by atoms with E-state index in [1.807, 2.05) is 0 Å². The molecule has 84 valence electrons. The molecule has 0 amide bonds. The van der Waals surface area contributed by atoms with Gasteiger partial charge in [-0.05, 0) is 15.9 Å². The Morgan fingerprint density at radius 1 is 1.53 bits per heavy atom. The van der Waals surface area contributed by atoms with Crippen molar-refractivity contribution >= 4 is 21.9 Å². The maximum Gasteiger partial charge on any atom is 0.434 e. The van der Waals surface area contributed by atoms with Crippen LogP contribution in [0, 0.1) is 0 Å². The molecule has 15 heavy (non-hydrogen) atoms. The Morgan fingerprint density at radius 2 is 2.07 bits per heavy atom. The van der Waals surface area contributed by atoms with Crippen molar-refractivity contribution in [2.24, 2.45) is 7.05 Å². The van der Waals surface area contributed by atoms with Crippen molar-refractivity contribution in [1.82, 2.24) is 9.78 Å². The van der Waals surface area contributed by atoms with Crippen LogP contribution in [-0.2, 0) is 18.0 Å². The fourth-order valence-corrected chi connectivity index (χ4v) is 1.76. The Hall–Kier alpha value is -1.05. The molecule has 0 saturated carbocycles. The van der Waals surface area contributed by atoms with E-state index < -0.39 is 28.0 Å². The Bertz CT molecular complexity index is 400. The Balaban J connectivity index is 3.33. The summed E-state index contributed by atoms with van der Waals surface area (Å²) < 4.78 is 41.8. The van der Waals surface area contributed by atoms with Crippen molar-refractivity contribution in [3.05, 3.63) is 15.9 Å². The van der Waals surface area contributed by atoms with Crippen molar-refractivity contribution in [1.29, 1.82) is 0 Å². The highest BCUT2D eigenvalue weighted by molar-refractivity contribution is 9.10. The first-order valence-corrected chi connectivity index (χ1v) is 4.46. The van der Waals surface area contributed by atoms with Gasteiger partial charge in [0.25, 0.3) is 0 Å². The highest BCUT2D eigenvalue weighted by atomic mass is 79.9. The van der Waals surface area contributed by atoms with Crippen LogP contribution in [0.3, 0.4) is 0 Å². The van der Waals surface area contributed by atoms with Gasteiger partial charge in [-0.2, -0.15) is 18.3 Å². The number of carbonyl (C=O) groups excluding carboxylic acids is 1. The van der Waals surface area contributed by atoms with E-state index in [4.69, 9.17) is 0 Å². The summed E-state index contributed by atoms with van der Waals surface area (Å²) in [5.74, 6) is -0.923. The second-order valence-electron chi connectivity index (χ2n) is 2.62. The zero-order valence-electron chi connectivity index (χ0n) is 7.72. The van der Waals surface area contributed by atoms with E-state index in [0.29, 0.717) is 4.68 Å². The molecule has 4 nitrogen and oxygen atoms in total. The summed E-state index contributed by atoms with van der Waals surface area (Å²) >= 11 is 2.68. The summed E-state index contributed by atoms with van der Waals surface area (Å²) in [5, 5.41) is 3.42. The lowest BCUT2D eigenvalue weighted by Gasteiger charge is -2.06. The molecule has 0 bridgehead atoms. The maximum absolute atomic E-state index is 12.4. The van der Waals surface area contributed by atoms with Crippen LogP contribution in [0.2, 0.25) is 0 Å². The van der Waals surface area contributed by atoms with Gasteiger partial charge < -0.3 is 4.74 Å². The van der Waals surface area contributed by atoms with Crippen molar-refractivity contribution in [2.75, 3.05) is 7.11 Å². The first kappa shape index (κ1) is 12.0. The molecule has 1 rings (SSSR count). The molecule has 0 aliphatic rings. The largest absolute Gasteiger partial charge is 0.464 e. The maximum atomic E-state index is 12.4. The lowest BCUT2D eigenvalue weighted by molar-refractivity contribution is -0.144. The van der Waals surface area contributed by atoms with E-state index in [-0.39, 0.29) is 0 Å². The predicted molar refractivity (Wildman–Crippen MR) is 47.2 cm³/mol. The fraction of sp³-hybridized carbons (Fsp3) is 0.429. The third kappa shape index (κ3) is 2.14. The van der Waals surface area contributed by atoms with Crippen LogP contribution >= 0.6 is 15.9 Å². The minimum Gasteiger partial charge on any atom is -0.464 e. The molecular weight excluding hydrogens is 281 g/mol. The number of esters is 1. The van der Waals surface area contributed by atoms with E-state index in [1.54, 1.807) is 0 Å². The minimum atomic E-state index is -4.58. The summed E-state index contributed by atoms with van der Waals surface area (Å²) in [6, 6.07) is 0. The summed E-state index contributed by atoms with van der Waals surface area (Å²) in [5.41, 5.74) is -1.42. The van der Waals surface area contributed by atoms with Crippen LogP contribution in [0.5, 0.6) is 0 Å². The summed E-state index contributed by atoms with van der Waals surface area (Å²) in [6.07, 6.45) is -4.58. The summed E-state index contributed by atoms with van der Waals surface area (Å²) in [6.45, 7) is 0. The van der Waals surface area contributed by atoms with Crippen molar-refractivity contribution in [3.63, 3.8) is 0 Å². The first-order chi connectivity index (χ1) is 6.79. The number of halogens is 4. The summed E-state index contributed by atoms with van der Waals surface area (Å²) in [7, 11) is 2.16. The van der Waals surface area contributed by atoms with Gasteiger partial charge in [-0.1, -0.05) is 0 Å². The molecular formula is C7H6BrF3N2O2. The van der Waals surface area contributed by atoms with E-state index in [2.05, 4.69) is 25.8 Å². The van der Waals surface area contributed by atoms with Crippen LogP contribution in [-0.4, -0.2) is 22.9 Å². The number of ether oxygens (including phenoxy) is 1. The Labute approximate surface area is 91.1 Å². The van der Waals surface area contributed by atoms with Gasteiger partial charge in [0, 0.05) is 7.05 Å². The number of aromatic nitrogens is 2. The summed E-state index contributed by atoms with van der Waals surface area (Å²) in [4.78, 5) is 11.0. The van der Waals surface area contributed by atoms with E-state index in [0.717, 1.165) is 14.2 Å². The smallest absolute Gasteiger partial charge is 0.434 e. The normalized spacial score (nSPS) is 11.6. The zero-order valence-corrected chi connectivity index (χ0v) is 9.31. The predicted octanol–water partition coefficient (Wildman–Crippen LogP) is 1.99. The van der Waals surface area contributed by atoms with Crippen molar-refractivity contribution in [3.8, 4) is 0 Å². The Kier molecular flexibility index (Phi) is 3.08. The number of carbonyl (C=O) groups is 1. The molecule has 0 spiro atoms. The molecule has 0 fully saturated rings. The van der Waals surface area contributed by atoms with Gasteiger partial charge in [0.1, 0.15) is 0 Å². The van der Waals surface area contributed by atoms with Gasteiger partial charge in [-0.3, -0.25) is 4.68 Å². The van der Waals surface area contributed by atoms with Gasteiger partial charge in [-0.15, -0.1) is 0 Å². The van der Waals surface area contributed by atoms with E-state index in [1.165, 1.54) is 0 Å². The molecule has 8 heteroatoms. The van der Waals surface area contributed by atoms with Crippen LogP contribution in [0.15, 0.2) is 4.47 Å². The molecule has 0 aromatic carbocycles. The molecule has 1 aromatic rings. The highest BCUT2D eigenvalue weighted by Gasteiger charge is 2.39. The number of alkyl halides is 3. The van der Waals surface area contributed by atoms with Crippen molar-refractivity contribution in [2.45, 2.75) is 6.18 Å². The van der Waals surface area contributed by atoms with E-state index >= 15 is 0 Å². The molecule has 0 atom stereocenters. The lowest BCUT2D eigenvalue weighted by Crippen LogP contribution is -2.12.